The summed E-state index contributed by atoms with van der Waals surface area (Å²) in [6.07, 6.45) is 5.15. The van der Waals surface area contributed by atoms with Gasteiger partial charge in [-0.3, -0.25) is 10.2 Å². The van der Waals surface area contributed by atoms with Crippen LogP contribution in [0.1, 0.15) is 41.0 Å². The van der Waals surface area contributed by atoms with E-state index in [1.165, 1.54) is 6.42 Å². The molecule has 0 saturated carbocycles. The topological polar surface area (TPSA) is 86.9 Å². The predicted octanol–water partition coefficient (Wildman–Crippen LogP) is 4.40. The van der Waals surface area contributed by atoms with Crippen molar-refractivity contribution < 1.29 is 4.79 Å². The smallest absolute Gasteiger partial charge is 0.275 e. The number of amides is 1. The molecule has 1 aromatic carbocycles. The van der Waals surface area contributed by atoms with Crippen molar-refractivity contribution in [1.29, 1.82) is 5.41 Å². The number of carbonyl (C=O) groups excluding carboxylic acids is 1. The monoisotopic (exact) mass is 466 g/mol. The van der Waals surface area contributed by atoms with Gasteiger partial charge in [0.25, 0.3) is 5.91 Å². The third-order valence-electron chi connectivity index (χ3n) is 5.09. The highest BCUT2D eigenvalue weighted by Crippen LogP contribution is 2.18. The van der Waals surface area contributed by atoms with Gasteiger partial charge >= 0.3 is 0 Å². The minimum absolute atomic E-state index is 0.282. The van der Waals surface area contributed by atoms with E-state index in [0.29, 0.717) is 17.3 Å². The standard InChI is InChI=1S/C22H23BrN6O/c1-15-13-19(22(30)26-20-10-7-17(23)14-25-20)29(27-15)18-8-5-16(6-9-18)21(24)28-11-3-2-4-12-28/h5-10,13-14,24H,2-4,11-12H2,1H3,(H,25,26,30). The van der Waals surface area contributed by atoms with Crippen molar-refractivity contribution in [1.82, 2.24) is 19.7 Å². The predicted molar refractivity (Wildman–Crippen MR) is 120 cm³/mol. The van der Waals surface area contributed by atoms with Crippen molar-refractivity contribution in [3.8, 4) is 5.69 Å². The molecule has 3 aromatic rings. The quantitative estimate of drug-likeness (QED) is 0.440. The summed E-state index contributed by atoms with van der Waals surface area (Å²) in [5, 5.41) is 15.8. The molecule has 0 bridgehead atoms. The highest BCUT2D eigenvalue weighted by Gasteiger charge is 2.18. The van der Waals surface area contributed by atoms with Crippen molar-refractivity contribution in [2.75, 3.05) is 18.4 Å². The number of likely N-dealkylation sites (tertiary alicyclic amines) is 1. The highest BCUT2D eigenvalue weighted by atomic mass is 79.9. The lowest BCUT2D eigenvalue weighted by Crippen LogP contribution is -2.35. The molecule has 30 heavy (non-hydrogen) atoms. The second kappa shape index (κ2) is 8.79. The fourth-order valence-corrected chi connectivity index (χ4v) is 3.78. The molecule has 8 heteroatoms. The second-order valence-corrected chi connectivity index (χ2v) is 8.26. The SMILES string of the molecule is Cc1cc(C(=O)Nc2ccc(Br)cn2)n(-c2ccc(C(=N)N3CCCCC3)cc2)n1. The number of piperidine rings is 1. The van der Waals surface area contributed by atoms with Gasteiger partial charge in [0.1, 0.15) is 17.3 Å². The Labute approximate surface area is 183 Å². The number of hydrogen-bond acceptors (Lipinski definition) is 4. The van der Waals surface area contributed by atoms with Crippen molar-refractivity contribution in [3.05, 3.63) is 70.1 Å². The maximum atomic E-state index is 12.8. The van der Waals surface area contributed by atoms with Crippen LogP contribution < -0.4 is 5.32 Å². The Bertz CT molecular complexity index is 1050. The Hall–Kier alpha value is -3.00. The third kappa shape index (κ3) is 4.43. The minimum Gasteiger partial charge on any atom is -0.357 e. The van der Waals surface area contributed by atoms with Crippen LogP contribution in [0.25, 0.3) is 5.69 Å². The van der Waals surface area contributed by atoms with E-state index in [2.05, 4.69) is 36.2 Å². The minimum atomic E-state index is -0.282. The van der Waals surface area contributed by atoms with Crippen LogP contribution in [0.3, 0.4) is 0 Å². The number of halogens is 1. The van der Waals surface area contributed by atoms with Gasteiger partial charge in [-0.25, -0.2) is 9.67 Å². The van der Waals surface area contributed by atoms with E-state index in [4.69, 9.17) is 5.41 Å². The van der Waals surface area contributed by atoms with Crippen LogP contribution in [0.4, 0.5) is 5.82 Å². The molecule has 1 amide bonds. The van der Waals surface area contributed by atoms with Crippen LogP contribution in [0.5, 0.6) is 0 Å². The van der Waals surface area contributed by atoms with Crippen LogP contribution in [0.2, 0.25) is 0 Å². The molecule has 0 radical (unpaired) electrons. The molecule has 154 valence electrons. The van der Waals surface area contributed by atoms with Gasteiger partial charge in [-0.1, -0.05) is 0 Å². The van der Waals surface area contributed by atoms with Gasteiger partial charge in [0.15, 0.2) is 0 Å². The summed E-state index contributed by atoms with van der Waals surface area (Å²) in [5.74, 6) is 0.742. The normalized spacial score (nSPS) is 13.9. The molecular weight excluding hydrogens is 444 g/mol. The van der Waals surface area contributed by atoms with E-state index in [0.717, 1.165) is 47.3 Å². The lowest BCUT2D eigenvalue weighted by molar-refractivity contribution is 0.101. The van der Waals surface area contributed by atoms with Gasteiger partial charge in [-0.05, 0) is 84.6 Å². The summed E-state index contributed by atoms with van der Waals surface area (Å²) < 4.78 is 2.47. The Kier molecular flexibility index (Phi) is 5.94. The molecule has 7 nitrogen and oxygen atoms in total. The first-order valence-corrected chi connectivity index (χ1v) is 10.7. The number of benzene rings is 1. The first-order chi connectivity index (χ1) is 14.5. The number of nitrogens with zero attached hydrogens (tertiary/aromatic N) is 4. The number of hydrogen-bond donors (Lipinski definition) is 2. The van der Waals surface area contributed by atoms with Gasteiger partial charge in [-0.15, -0.1) is 0 Å². The number of rotatable bonds is 4. The highest BCUT2D eigenvalue weighted by molar-refractivity contribution is 9.10. The zero-order valence-corrected chi connectivity index (χ0v) is 18.3. The van der Waals surface area contributed by atoms with Crippen LogP contribution in [0.15, 0.2) is 53.1 Å². The maximum Gasteiger partial charge on any atom is 0.275 e. The fourth-order valence-electron chi connectivity index (χ4n) is 3.55. The van der Waals surface area contributed by atoms with Crippen molar-refractivity contribution in [2.45, 2.75) is 26.2 Å². The average Bonchev–Trinajstić information content (AvgIpc) is 3.17. The van der Waals surface area contributed by atoms with Gasteiger partial charge in [-0.2, -0.15) is 5.10 Å². The Balaban J connectivity index is 1.54. The van der Waals surface area contributed by atoms with Crippen molar-refractivity contribution >= 4 is 33.5 Å². The first-order valence-electron chi connectivity index (χ1n) is 9.95. The molecule has 1 fully saturated rings. The summed E-state index contributed by atoms with van der Waals surface area (Å²) in [7, 11) is 0. The number of aromatic nitrogens is 3. The molecule has 0 spiro atoms. The maximum absolute atomic E-state index is 12.8. The van der Waals surface area contributed by atoms with Gasteiger partial charge < -0.3 is 10.2 Å². The third-order valence-corrected chi connectivity index (χ3v) is 5.56. The van der Waals surface area contributed by atoms with E-state index < -0.39 is 0 Å². The lowest BCUT2D eigenvalue weighted by Gasteiger charge is -2.29. The van der Waals surface area contributed by atoms with E-state index in [-0.39, 0.29) is 5.91 Å². The van der Waals surface area contributed by atoms with Gasteiger partial charge in [0.2, 0.25) is 0 Å². The first kappa shape index (κ1) is 20.3. The lowest BCUT2D eigenvalue weighted by atomic mass is 10.1. The Morgan fingerprint density at radius 1 is 1.10 bits per heavy atom. The van der Waals surface area contributed by atoms with E-state index in [1.54, 1.807) is 23.0 Å². The van der Waals surface area contributed by atoms with Crippen LogP contribution in [-0.2, 0) is 0 Å². The molecule has 2 N–H and O–H groups in total. The van der Waals surface area contributed by atoms with E-state index in [1.807, 2.05) is 37.3 Å². The molecular formula is C22H23BrN6O. The summed E-state index contributed by atoms with van der Waals surface area (Å²) in [4.78, 5) is 19.1. The largest absolute Gasteiger partial charge is 0.357 e. The molecule has 0 atom stereocenters. The number of aryl methyl sites for hydroxylation is 1. The van der Waals surface area contributed by atoms with Crippen molar-refractivity contribution in [3.63, 3.8) is 0 Å². The number of pyridine rings is 1. The Morgan fingerprint density at radius 3 is 2.50 bits per heavy atom. The zero-order chi connectivity index (χ0) is 21.1. The summed E-state index contributed by atoms with van der Waals surface area (Å²) in [5.41, 5.74) is 2.81. The second-order valence-electron chi connectivity index (χ2n) is 7.34. The van der Waals surface area contributed by atoms with Crippen LogP contribution in [-0.4, -0.2) is 44.5 Å². The number of nitrogens with one attached hydrogen (secondary N) is 2. The van der Waals surface area contributed by atoms with Gasteiger partial charge in [0, 0.05) is 29.3 Å². The van der Waals surface area contributed by atoms with Gasteiger partial charge in [0.05, 0.1) is 11.4 Å². The van der Waals surface area contributed by atoms with Crippen LogP contribution >= 0.6 is 15.9 Å². The molecule has 1 aliphatic rings. The fraction of sp³-hybridized carbons (Fsp3) is 0.273. The summed E-state index contributed by atoms with van der Waals surface area (Å²) in [6, 6.07) is 12.9. The van der Waals surface area contributed by atoms with E-state index in [9.17, 15) is 4.79 Å². The average molecular weight is 467 g/mol. The number of amidine groups is 1. The number of carbonyl (C=O) groups is 1. The molecule has 0 aliphatic carbocycles. The molecule has 4 rings (SSSR count). The molecule has 3 heterocycles. The molecule has 0 unspecified atom stereocenters. The zero-order valence-electron chi connectivity index (χ0n) is 16.7. The van der Waals surface area contributed by atoms with Crippen LogP contribution in [0, 0.1) is 12.3 Å². The molecule has 1 saturated heterocycles. The van der Waals surface area contributed by atoms with Crippen molar-refractivity contribution in [2.24, 2.45) is 0 Å². The summed E-state index contributed by atoms with van der Waals surface area (Å²) >= 11 is 3.34. The summed E-state index contributed by atoms with van der Waals surface area (Å²) in [6.45, 7) is 3.73. The molecule has 1 aliphatic heterocycles. The molecule has 2 aromatic heterocycles. The Morgan fingerprint density at radius 2 is 1.83 bits per heavy atom. The number of anilines is 1. The van der Waals surface area contributed by atoms with E-state index >= 15 is 0 Å².